The van der Waals surface area contributed by atoms with Crippen molar-refractivity contribution >= 4 is 22.4 Å². The van der Waals surface area contributed by atoms with Crippen LogP contribution in [-0.4, -0.2) is 10.9 Å². The molecule has 0 bridgehead atoms. The summed E-state index contributed by atoms with van der Waals surface area (Å²) in [7, 11) is 0. The SMILES string of the molecule is Cc1cc(C(=O)Nc2nc(-c3ccc(Cc4ccccc4)cc3)cs2)c(C)o1. The maximum atomic E-state index is 12.4. The number of carbonyl (C=O) groups is 1. The van der Waals surface area contributed by atoms with Crippen molar-refractivity contribution in [3.05, 3.63) is 94.3 Å². The molecule has 0 unspecified atom stereocenters. The molecule has 2 aromatic carbocycles. The fourth-order valence-electron chi connectivity index (χ4n) is 3.11. The molecule has 28 heavy (non-hydrogen) atoms. The summed E-state index contributed by atoms with van der Waals surface area (Å²) < 4.78 is 5.42. The Morgan fingerprint density at radius 2 is 1.75 bits per heavy atom. The van der Waals surface area contributed by atoms with Gasteiger partial charge in [0.15, 0.2) is 5.13 Å². The first kappa shape index (κ1) is 18.2. The molecular weight excluding hydrogens is 368 g/mol. The van der Waals surface area contributed by atoms with E-state index in [0.29, 0.717) is 16.5 Å². The predicted octanol–water partition coefficient (Wildman–Crippen LogP) is 5.86. The Morgan fingerprint density at radius 3 is 2.43 bits per heavy atom. The first-order chi connectivity index (χ1) is 13.6. The second-order valence-corrected chi connectivity index (χ2v) is 7.54. The highest BCUT2D eigenvalue weighted by Gasteiger charge is 2.15. The number of furan rings is 1. The van der Waals surface area contributed by atoms with E-state index in [4.69, 9.17) is 4.42 Å². The Labute approximate surface area is 167 Å². The zero-order chi connectivity index (χ0) is 19.5. The molecule has 2 heterocycles. The van der Waals surface area contributed by atoms with Gasteiger partial charge in [-0.3, -0.25) is 10.1 Å². The number of hydrogen-bond donors (Lipinski definition) is 1. The molecule has 0 saturated carbocycles. The number of hydrogen-bond acceptors (Lipinski definition) is 4. The molecule has 0 aliphatic rings. The minimum atomic E-state index is -0.201. The molecule has 4 nitrogen and oxygen atoms in total. The number of carbonyl (C=O) groups excluding carboxylic acids is 1. The van der Waals surface area contributed by atoms with Crippen molar-refractivity contribution in [2.45, 2.75) is 20.3 Å². The zero-order valence-corrected chi connectivity index (χ0v) is 16.5. The number of benzene rings is 2. The van der Waals surface area contributed by atoms with Crippen LogP contribution < -0.4 is 5.32 Å². The Hall–Kier alpha value is -3.18. The third-order valence-electron chi connectivity index (χ3n) is 4.51. The van der Waals surface area contributed by atoms with E-state index in [1.54, 1.807) is 13.0 Å². The largest absolute Gasteiger partial charge is 0.466 e. The molecule has 0 atom stereocenters. The quantitative estimate of drug-likeness (QED) is 0.466. The molecule has 4 rings (SSSR count). The van der Waals surface area contributed by atoms with Crippen LogP contribution >= 0.6 is 11.3 Å². The van der Waals surface area contributed by atoms with Gasteiger partial charge in [0.1, 0.15) is 11.5 Å². The summed E-state index contributed by atoms with van der Waals surface area (Å²) in [6, 6.07) is 20.5. The van der Waals surface area contributed by atoms with Crippen LogP contribution in [0.2, 0.25) is 0 Å². The monoisotopic (exact) mass is 388 g/mol. The number of aryl methyl sites for hydroxylation is 2. The molecule has 0 fully saturated rings. The topological polar surface area (TPSA) is 55.1 Å². The predicted molar refractivity (Wildman–Crippen MR) is 113 cm³/mol. The molecule has 4 aromatic rings. The minimum Gasteiger partial charge on any atom is -0.466 e. The third-order valence-corrected chi connectivity index (χ3v) is 5.27. The van der Waals surface area contributed by atoms with Crippen LogP contribution in [0.1, 0.15) is 33.0 Å². The number of thiazole rings is 1. The second kappa shape index (κ2) is 7.82. The van der Waals surface area contributed by atoms with Crippen LogP contribution in [0, 0.1) is 13.8 Å². The average molecular weight is 388 g/mol. The molecule has 2 aromatic heterocycles. The second-order valence-electron chi connectivity index (χ2n) is 6.68. The number of anilines is 1. The average Bonchev–Trinajstić information content (AvgIpc) is 3.29. The fourth-order valence-corrected chi connectivity index (χ4v) is 3.82. The summed E-state index contributed by atoms with van der Waals surface area (Å²) in [4.78, 5) is 17.0. The van der Waals surface area contributed by atoms with Crippen molar-refractivity contribution in [3.8, 4) is 11.3 Å². The molecule has 0 saturated heterocycles. The van der Waals surface area contributed by atoms with Crippen LogP contribution in [0.5, 0.6) is 0 Å². The molecule has 0 aliphatic carbocycles. The standard InChI is InChI=1S/C23H20N2O2S/c1-15-12-20(16(2)27-15)22(26)25-23-24-21(14-28-23)19-10-8-18(9-11-19)13-17-6-4-3-5-7-17/h3-12,14H,13H2,1-2H3,(H,24,25,26). The van der Waals surface area contributed by atoms with Gasteiger partial charge in [-0.25, -0.2) is 4.98 Å². The van der Waals surface area contributed by atoms with E-state index in [1.165, 1.54) is 22.5 Å². The first-order valence-corrected chi connectivity index (χ1v) is 9.93. The number of aromatic nitrogens is 1. The molecule has 140 valence electrons. The highest BCUT2D eigenvalue weighted by atomic mass is 32.1. The maximum Gasteiger partial charge on any atom is 0.260 e. The first-order valence-electron chi connectivity index (χ1n) is 9.05. The van der Waals surface area contributed by atoms with Crippen molar-refractivity contribution in [3.63, 3.8) is 0 Å². The summed E-state index contributed by atoms with van der Waals surface area (Å²) in [5.74, 6) is 1.13. The van der Waals surface area contributed by atoms with E-state index in [-0.39, 0.29) is 5.91 Å². The van der Waals surface area contributed by atoms with Crippen molar-refractivity contribution in [1.29, 1.82) is 0 Å². The van der Waals surface area contributed by atoms with Gasteiger partial charge in [-0.2, -0.15) is 0 Å². The lowest BCUT2D eigenvalue weighted by Crippen LogP contribution is -2.11. The Balaban J connectivity index is 1.45. The summed E-state index contributed by atoms with van der Waals surface area (Å²) >= 11 is 1.41. The minimum absolute atomic E-state index is 0.201. The molecular formula is C23H20N2O2S. The van der Waals surface area contributed by atoms with Crippen LogP contribution in [0.3, 0.4) is 0 Å². The van der Waals surface area contributed by atoms with Gasteiger partial charge < -0.3 is 4.42 Å². The molecule has 5 heteroatoms. The molecule has 1 N–H and O–H groups in total. The summed E-state index contributed by atoms with van der Waals surface area (Å²) in [5, 5.41) is 5.38. The maximum absolute atomic E-state index is 12.4. The van der Waals surface area contributed by atoms with Gasteiger partial charge in [-0.05, 0) is 37.5 Å². The van der Waals surface area contributed by atoms with Gasteiger partial charge in [0.05, 0.1) is 11.3 Å². The van der Waals surface area contributed by atoms with E-state index >= 15 is 0 Å². The van der Waals surface area contributed by atoms with E-state index in [0.717, 1.165) is 23.4 Å². The van der Waals surface area contributed by atoms with Gasteiger partial charge in [0, 0.05) is 10.9 Å². The van der Waals surface area contributed by atoms with Gasteiger partial charge >= 0.3 is 0 Å². The third kappa shape index (κ3) is 4.05. The Kier molecular flexibility index (Phi) is 5.08. The normalized spacial score (nSPS) is 10.8. The smallest absolute Gasteiger partial charge is 0.260 e. The van der Waals surface area contributed by atoms with Gasteiger partial charge in [-0.15, -0.1) is 11.3 Å². The summed E-state index contributed by atoms with van der Waals surface area (Å²) in [6.07, 6.45) is 0.906. The number of rotatable bonds is 5. The van der Waals surface area contributed by atoms with Crippen LogP contribution in [0.15, 0.2) is 70.5 Å². The van der Waals surface area contributed by atoms with E-state index in [1.807, 2.05) is 18.4 Å². The zero-order valence-electron chi connectivity index (χ0n) is 15.7. The Morgan fingerprint density at radius 1 is 1.04 bits per heavy atom. The summed E-state index contributed by atoms with van der Waals surface area (Å²) in [5.41, 5.74) is 4.97. The van der Waals surface area contributed by atoms with E-state index in [2.05, 4.69) is 58.8 Å². The van der Waals surface area contributed by atoms with Crippen molar-refractivity contribution in [1.82, 2.24) is 4.98 Å². The van der Waals surface area contributed by atoms with Gasteiger partial charge in [-0.1, -0.05) is 54.6 Å². The van der Waals surface area contributed by atoms with Crippen molar-refractivity contribution < 1.29 is 9.21 Å². The number of amides is 1. The van der Waals surface area contributed by atoms with E-state index < -0.39 is 0 Å². The fraction of sp³-hybridized carbons (Fsp3) is 0.130. The highest BCUT2D eigenvalue weighted by Crippen LogP contribution is 2.26. The van der Waals surface area contributed by atoms with Gasteiger partial charge in [0.25, 0.3) is 5.91 Å². The van der Waals surface area contributed by atoms with Crippen molar-refractivity contribution in [2.75, 3.05) is 5.32 Å². The van der Waals surface area contributed by atoms with Gasteiger partial charge in [0.2, 0.25) is 0 Å². The molecule has 0 aliphatic heterocycles. The number of nitrogens with zero attached hydrogens (tertiary/aromatic N) is 1. The Bertz CT molecular complexity index is 1100. The highest BCUT2D eigenvalue weighted by molar-refractivity contribution is 7.14. The van der Waals surface area contributed by atoms with E-state index in [9.17, 15) is 4.79 Å². The molecule has 0 spiro atoms. The lowest BCUT2D eigenvalue weighted by Gasteiger charge is -2.03. The summed E-state index contributed by atoms with van der Waals surface area (Å²) in [6.45, 7) is 3.61. The number of nitrogens with one attached hydrogen (secondary N) is 1. The lowest BCUT2D eigenvalue weighted by molar-refractivity contribution is 0.102. The lowest BCUT2D eigenvalue weighted by atomic mass is 10.0. The molecule has 1 amide bonds. The van der Waals surface area contributed by atoms with Crippen LogP contribution in [-0.2, 0) is 6.42 Å². The van der Waals surface area contributed by atoms with Crippen molar-refractivity contribution in [2.24, 2.45) is 0 Å². The molecule has 0 radical (unpaired) electrons. The van der Waals surface area contributed by atoms with Crippen LogP contribution in [0.25, 0.3) is 11.3 Å². The van der Waals surface area contributed by atoms with Crippen LogP contribution in [0.4, 0.5) is 5.13 Å².